The standard InChI is InChI=1S/C22H14ClFN2O3/c23-15-8-6-13(7-9-15)20(27)18-19(14-3-1-4-16(24)11-14)26(22(29)21(18)28)17-5-2-10-25-12-17/h1-12,19,27H/b20-18-. The highest BCUT2D eigenvalue weighted by Crippen LogP contribution is 2.42. The molecule has 4 rings (SSSR count). The number of pyridine rings is 1. The second-order valence-electron chi connectivity index (χ2n) is 6.44. The van der Waals surface area contributed by atoms with E-state index in [9.17, 15) is 19.1 Å². The van der Waals surface area contributed by atoms with Crippen LogP contribution in [0.3, 0.4) is 0 Å². The monoisotopic (exact) mass is 408 g/mol. The van der Waals surface area contributed by atoms with Crippen LogP contribution < -0.4 is 4.90 Å². The van der Waals surface area contributed by atoms with E-state index in [1.165, 1.54) is 47.6 Å². The molecule has 7 heteroatoms. The van der Waals surface area contributed by atoms with Gasteiger partial charge in [0.25, 0.3) is 11.7 Å². The van der Waals surface area contributed by atoms with Crippen LogP contribution in [-0.4, -0.2) is 21.8 Å². The van der Waals surface area contributed by atoms with Gasteiger partial charge in [0.05, 0.1) is 23.5 Å². The summed E-state index contributed by atoms with van der Waals surface area (Å²) in [4.78, 5) is 31.0. The molecular formula is C22H14ClFN2O3. The Balaban J connectivity index is 1.95. The van der Waals surface area contributed by atoms with Gasteiger partial charge in [-0.25, -0.2) is 4.39 Å². The first-order chi connectivity index (χ1) is 14.0. The number of aliphatic hydroxyl groups excluding tert-OH is 1. The Labute approximate surface area is 170 Å². The summed E-state index contributed by atoms with van der Waals surface area (Å²) in [7, 11) is 0. The predicted molar refractivity (Wildman–Crippen MR) is 107 cm³/mol. The van der Waals surface area contributed by atoms with Crippen molar-refractivity contribution >= 4 is 34.7 Å². The van der Waals surface area contributed by atoms with Gasteiger partial charge in [-0.2, -0.15) is 0 Å². The molecule has 1 amide bonds. The summed E-state index contributed by atoms with van der Waals surface area (Å²) in [6.07, 6.45) is 2.96. The first-order valence-corrected chi connectivity index (χ1v) is 9.07. The molecule has 1 aromatic heterocycles. The van der Waals surface area contributed by atoms with Gasteiger partial charge in [-0.3, -0.25) is 19.5 Å². The van der Waals surface area contributed by atoms with Crippen molar-refractivity contribution < 1.29 is 19.1 Å². The van der Waals surface area contributed by atoms with E-state index in [1.54, 1.807) is 30.3 Å². The summed E-state index contributed by atoms with van der Waals surface area (Å²) >= 11 is 5.90. The minimum Gasteiger partial charge on any atom is -0.507 e. The Morgan fingerprint density at radius 2 is 1.83 bits per heavy atom. The van der Waals surface area contributed by atoms with Crippen molar-refractivity contribution in [2.75, 3.05) is 4.90 Å². The van der Waals surface area contributed by atoms with Crippen molar-refractivity contribution in [2.45, 2.75) is 6.04 Å². The minimum atomic E-state index is -1.01. The number of hydrogen-bond donors (Lipinski definition) is 1. The van der Waals surface area contributed by atoms with Crippen LogP contribution in [0.5, 0.6) is 0 Å². The molecule has 1 aliphatic rings. The van der Waals surface area contributed by atoms with E-state index in [2.05, 4.69) is 4.98 Å². The van der Waals surface area contributed by atoms with Gasteiger partial charge in [0.2, 0.25) is 0 Å². The fraction of sp³-hybridized carbons (Fsp3) is 0.0455. The lowest BCUT2D eigenvalue weighted by Gasteiger charge is -2.25. The van der Waals surface area contributed by atoms with Gasteiger partial charge < -0.3 is 5.11 Å². The Kier molecular flexibility index (Phi) is 4.86. The highest BCUT2D eigenvalue weighted by atomic mass is 35.5. The SMILES string of the molecule is O=C1C(=O)N(c2cccnc2)C(c2cccc(F)c2)/C1=C(/O)c1ccc(Cl)cc1. The Morgan fingerprint density at radius 3 is 2.48 bits per heavy atom. The second kappa shape index (κ2) is 7.48. The third kappa shape index (κ3) is 3.39. The summed E-state index contributed by atoms with van der Waals surface area (Å²) in [5, 5.41) is 11.3. The Hall–Kier alpha value is -3.51. The molecule has 0 aliphatic carbocycles. The fourth-order valence-electron chi connectivity index (χ4n) is 3.35. The number of nitrogens with zero attached hydrogens (tertiary/aromatic N) is 2. The van der Waals surface area contributed by atoms with Crippen LogP contribution in [-0.2, 0) is 9.59 Å². The maximum atomic E-state index is 13.9. The van der Waals surface area contributed by atoms with E-state index in [0.29, 0.717) is 21.8 Å². The normalized spacial score (nSPS) is 18.3. The zero-order valence-electron chi connectivity index (χ0n) is 14.9. The molecule has 0 bridgehead atoms. The van der Waals surface area contributed by atoms with Crippen LogP contribution in [0.1, 0.15) is 17.2 Å². The minimum absolute atomic E-state index is 0.133. The number of hydrogen-bond acceptors (Lipinski definition) is 4. The molecule has 3 aromatic rings. The first-order valence-electron chi connectivity index (χ1n) is 8.70. The van der Waals surface area contributed by atoms with E-state index in [-0.39, 0.29) is 11.3 Å². The third-order valence-electron chi connectivity index (χ3n) is 4.65. The second-order valence-corrected chi connectivity index (χ2v) is 6.88. The average molecular weight is 409 g/mol. The molecule has 5 nitrogen and oxygen atoms in total. The zero-order valence-corrected chi connectivity index (χ0v) is 15.7. The molecule has 0 spiro atoms. The topological polar surface area (TPSA) is 70.5 Å². The molecule has 1 aliphatic heterocycles. The van der Waals surface area contributed by atoms with E-state index in [4.69, 9.17) is 11.6 Å². The predicted octanol–water partition coefficient (Wildman–Crippen LogP) is 4.50. The lowest BCUT2D eigenvalue weighted by molar-refractivity contribution is -0.132. The largest absolute Gasteiger partial charge is 0.507 e. The quantitative estimate of drug-likeness (QED) is 0.393. The van der Waals surface area contributed by atoms with E-state index in [1.807, 2.05) is 0 Å². The van der Waals surface area contributed by atoms with Crippen LogP contribution in [0.25, 0.3) is 5.76 Å². The molecule has 0 radical (unpaired) electrons. The van der Waals surface area contributed by atoms with Crippen LogP contribution in [0, 0.1) is 5.82 Å². The van der Waals surface area contributed by atoms with Crippen molar-refractivity contribution in [3.05, 3.63) is 101 Å². The molecule has 1 saturated heterocycles. The van der Waals surface area contributed by atoms with Gasteiger partial charge in [-0.1, -0.05) is 23.7 Å². The molecule has 144 valence electrons. The number of ketones is 1. The van der Waals surface area contributed by atoms with Crippen LogP contribution in [0.2, 0.25) is 5.02 Å². The molecule has 1 atom stereocenters. The third-order valence-corrected chi connectivity index (χ3v) is 4.90. The summed E-state index contributed by atoms with van der Waals surface area (Å²) in [5.74, 6) is -2.58. The summed E-state index contributed by atoms with van der Waals surface area (Å²) in [5.41, 5.74) is 0.898. The molecule has 1 unspecified atom stereocenters. The van der Waals surface area contributed by atoms with Crippen LogP contribution in [0.4, 0.5) is 10.1 Å². The number of rotatable bonds is 3. The van der Waals surface area contributed by atoms with E-state index < -0.39 is 23.5 Å². The highest BCUT2D eigenvalue weighted by molar-refractivity contribution is 6.51. The van der Waals surface area contributed by atoms with Crippen molar-refractivity contribution in [1.29, 1.82) is 0 Å². The van der Waals surface area contributed by atoms with Crippen molar-refractivity contribution in [1.82, 2.24) is 4.98 Å². The molecule has 0 saturated carbocycles. The first kappa shape index (κ1) is 18.8. The van der Waals surface area contributed by atoms with Crippen molar-refractivity contribution in [2.24, 2.45) is 0 Å². The zero-order chi connectivity index (χ0) is 20.5. The number of anilines is 1. The van der Waals surface area contributed by atoms with Gasteiger partial charge in [0, 0.05) is 16.8 Å². The molecule has 2 aromatic carbocycles. The number of amides is 1. The summed E-state index contributed by atoms with van der Waals surface area (Å²) < 4.78 is 13.9. The highest BCUT2D eigenvalue weighted by Gasteiger charge is 2.47. The fourth-order valence-corrected chi connectivity index (χ4v) is 3.48. The van der Waals surface area contributed by atoms with Gasteiger partial charge in [-0.15, -0.1) is 0 Å². The number of aromatic nitrogens is 1. The Morgan fingerprint density at radius 1 is 1.07 bits per heavy atom. The number of aliphatic hydroxyl groups is 1. The van der Waals surface area contributed by atoms with Gasteiger partial charge in [0.1, 0.15) is 11.6 Å². The number of benzene rings is 2. The molecule has 2 heterocycles. The number of carbonyl (C=O) groups is 2. The van der Waals surface area contributed by atoms with Crippen molar-refractivity contribution in [3.63, 3.8) is 0 Å². The number of carbonyl (C=O) groups excluding carboxylic acids is 2. The maximum absolute atomic E-state index is 13.9. The van der Waals surface area contributed by atoms with E-state index in [0.717, 1.165) is 0 Å². The molecule has 1 N–H and O–H groups in total. The summed E-state index contributed by atoms with van der Waals surface area (Å²) in [6, 6.07) is 14.0. The summed E-state index contributed by atoms with van der Waals surface area (Å²) in [6.45, 7) is 0. The van der Waals surface area contributed by atoms with E-state index >= 15 is 0 Å². The van der Waals surface area contributed by atoms with Gasteiger partial charge in [0.15, 0.2) is 0 Å². The molecule has 1 fully saturated rings. The lowest BCUT2D eigenvalue weighted by Crippen LogP contribution is -2.29. The molecular weight excluding hydrogens is 395 g/mol. The lowest BCUT2D eigenvalue weighted by atomic mass is 9.95. The van der Waals surface area contributed by atoms with Gasteiger partial charge >= 0.3 is 0 Å². The smallest absolute Gasteiger partial charge is 0.300 e. The van der Waals surface area contributed by atoms with Crippen LogP contribution >= 0.6 is 11.6 Å². The van der Waals surface area contributed by atoms with Crippen molar-refractivity contribution in [3.8, 4) is 0 Å². The number of halogens is 2. The average Bonchev–Trinajstić information content (AvgIpc) is 2.99. The molecule has 29 heavy (non-hydrogen) atoms. The van der Waals surface area contributed by atoms with Gasteiger partial charge in [-0.05, 0) is 54.1 Å². The Bertz CT molecular complexity index is 1130. The number of Topliss-reactive ketones (excluding diaryl/α,β-unsaturated/α-hetero) is 1. The maximum Gasteiger partial charge on any atom is 0.300 e. The van der Waals surface area contributed by atoms with Crippen LogP contribution in [0.15, 0.2) is 78.6 Å².